The predicted octanol–water partition coefficient (Wildman–Crippen LogP) is 1.98. The Hall–Kier alpha value is -1.68. The number of methoxy groups -OCH3 is 1. The van der Waals surface area contributed by atoms with Gasteiger partial charge in [0.05, 0.1) is 7.11 Å². The Morgan fingerprint density at radius 3 is 3.00 bits per heavy atom. The summed E-state index contributed by atoms with van der Waals surface area (Å²) in [5, 5.41) is 3.59. The van der Waals surface area contributed by atoms with Gasteiger partial charge in [-0.3, -0.25) is 4.99 Å². The first-order chi connectivity index (χ1) is 8.67. The van der Waals surface area contributed by atoms with Crippen LogP contribution in [0, 0.1) is 0 Å². The highest BCUT2D eigenvalue weighted by Crippen LogP contribution is 2.22. The fraction of sp³-hybridized carbons (Fsp3) is 0.308. The van der Waals surface area contributed by atoms with E-state index in [0.717, 1.165) is 17.7 Å². The average Bonchev–Trinajstić information content (AvgIpc) is 2.38. The summed E-state index contributed by atoms with van der Waals surface area (Å²) in [6.45, 7) is 4.78. The molecular weight excluding hydrogens is 250 g/mol. The molecule has 0 saturated carbocycles. The minimum atomic E-state index is 0.416. The number of nitrogens with one attached hydrogen (secondary N) is 1. The van der Waals surface area contributed by atoms with Crippen molar-refractivity contribution in [1.82, 2.24) is 5.32 Å². The van der Waals surface area contributed by atoms with Crippen molar-refractivity contribution in [3.05, 3.63) is 41.4 Å². The first-order valence-electron chi connectivity index (χ1n) is 5.64. The van der Waals surface area contributed by atoms with Crippen LogP contribution in [-0.2, 0) is 6.42 Å². The number of guanidine groups is 1. The Morgan fingerprint density at radius 1 is 1.61 bits per heavy atom. The summed E-state index contributed by atoms with van der Waals surface area (Å²) in [6, 6.07) is 5.61. The van der Waals surface area contributed by atoms with Crippen LogP contribution < -0.4 is 15.8 Å². The van der Waals surface area contributed by atoms with Gasteiger partial charge >= 0.3 is 0 Å². The lowest BCUT2D eigenvalue weighted by atomic mass is 10.1. The van der Waals surface area contributed by atoms with Gasteiger partial charge in [0.2, 0.25) is 0 Å². The molecule has 98 valence electrons. The second kappa shape index (κ2) is 7.61. The molecule has 0 bridgehead atoms. The molecule has 0 aliphatic heterocycles. The zero-order valence-electron chi connectivity index (χ0n) is 10.4. The molecule has 0 atom stereocenters. The number of rotatable bonds is 6. The van der Waals surface area contributed by atoms with E-state index in [4.69, 9.17) is 22.1 Å². The molecule has 0 aliphatic carbocycles. The molecular formula is C13H18ClN3O. The van der Waals surface area contributed by atoms with Gasteiger partial charge in [0.25, 0.3) is 0 Å². The Balaban J connectivity index is 2.50. The molecule has 0 aromatic heterocycles. The summed E-state index contributed by atoms with van der Waals surface area (Å²) in [5.41, 5.74) is 6.67. The summed E-state index contributed by atoms with van der Waals surface area (Å²) in [6.07, 6.45) is 2.46. The maximum absolute atomic E-state index is 6.12. The second-order valence-electron chi connectivity index (χ2n) is 3.64. The Bertz CT molecular complexity index is 432. The van der Waals surface area contributed by atoms with Gasteiger partial charge in [-0.15, -0.1) is 6.58 Å². The van der Waals surface area contributed by atoms with Crippen LogP contribution in [0.2, 0.25) is 5.02 Å². The average molecular weight is 268 g/mol. The van der Waals surface area contributed by atoms with Gasteiger partial charge in [-0.25, -0.2) is 0 Å². The monoisotopic (exact) mass is 267 g/mol. The number of nitrogens with zero attached hydrogens (tertiary/aromatic N) is 1. The summed E-state index contributed by atoms with van der Waals surface area (Å²) >= 11 is 6.12. The number of benzene rings is 1. The summed E-state index contributed by atoms with van der Waals surface area (Å²) in [5.74, 6) is 1.17. The molecule has 18 heavy (non-hydrogen) atoms. The molecule has 5 heteroatoms. The van der Waals surface area contributed by atoms with Crippen LogP contribution in [0.1, 0.15) is 5.56 Å². The fourth-order valence-corrected chi connectivity index (χ4v) is 1.65. The summed E-state index contributed by atoms with van der Waals surface area (Å²) < 4.78 is 5.09. The minimum Gasteiger partial charge on any atom is -0.497 e. The van der Waals surface area contributed by atoms with E-state index in [2.05, 4.69) is 16.9 Å². The maximum Gasteiger partial charge on any atom is 0.188 e. The van der Waals surface area contributed by atoms with Gasteiger partial charge in [-0.05, 0) is 24.1 Å². The number of aliphatic imine (C=N–C) groups is 1. The van der Waals surface area contributed by atoms with Gasteiger partial charge in [0.15, 0.2) is 5.96 Å². The van der Waals surface area contributed by atoms with Crippen LogP contribution in [0.3, 0.4) is 0 Å². The first-order valence-corrected chi connectivity index (χ1v) is 6.02. The summed E-state index contributed by atoms with van der Waals surface area (Å²) in [7, 11) is 1.61. The van der Waals surface area contributed by atoms with Crippen LogP contribution in [0.25, 0.3) is 0 Å². The Morgan fingerprint density at radius 2 is 2.39 bits per heavy atom. The largest absolute Gasteiger partial charge is 0.497 e. The minimum absolute atomic E-state index is 0.416. The van der Waals surface area contributed by atoms with Gasteiger partial charge < -0.3 is 15.8 Å². The van der Waals surface area contributed by atoms with Crippen LogP contribution in [0.15, 0.2) is 35.8 Å². The number of hydrogen-bond donors (Lipinski definition) is 2. The molecule has 1 aromatic rings. The van der Waals surface area contributed by atoms with Crippen LogP contribution in [0.4, 0.5) is 0 Å². The van der Waals surface area contributed by atoms with Gasteiger partial charge in [-0.1, -0.05) is 23.7 Å². The molecule has 3 N–H and O–H groups in total. The first kappa shape index (κ1) is 14.4. The van der Waals surface area contributed by atoms with E-state index >= 15 is 0 Å². The molecule has 0 saturated heterocycles. The van der Waals surface area contributed by atoms with E-state index < -0.39 is 0 Å². The van der Waals surface area contributed by atoms with Crippen molar-refractivity contribution in [1.29, 1.82) is 0 Å². The molecule has 1 aromatic carbocycles. The van der Waals surface area contributed by atoms with Crippen LogP contribution >= 0.6 is 11.6 Å². The number of hydrogen-bond acceptors (Lipinski definition) is 2. The van der Waals surface area contributed by atoms with Crippen LogP contribution in [-0.4, -0.2) is 26.2 Å². The highest BCUT2D eigenvalue weighted by molar-refractivity contribution is 6.31. The van der Waals surface area contributed by atoms with Gasteiger partial charge in [0.1, 0.15) is 5.75 Å². The van der Waals surface area contributed by atoms with E-state index in [0.29, 0.717) is 24.1 Å². The van der Waals surface area contributed by atoms with E-state index in [1.54, 1.807) is 19.3 Å². The SMILES string of the molecule is C=CCNC(N)=NCCc1ccc(OC)cc1Cl. The maximum atomic E-state index is 6.12. The molecule has 0 fully saturated rings. The lowest BCUT2D eigenvalue weighted by molar-refractivity contribution is 0.414. The standard InChI is InChI=1S/C13H18ClN3O/c1-3-7-16-13(15)17-8-6-10-4-5-11(18-2)9-12(10)14/h3-5,9H,1,6-8H2,2H3,(H3,15,16,17). The van der Waals surface area contributed by atoms with Crippen molar-refractivity contribution >= 4 is 17.6 Å². The fourth-order valence-electron chi connectivity index (χ4n) is 1.39. The van der Waals surface area contributed by atoms with Gasteiger partial charge in [-0.2, -0.15) is 0 Å². The van der Waals surface area contributed by atoms with Crippen molar-refractivity contribution in [3.63, 3.8) is 0 Å². The van der Waals surface area contributed by atoms with Crippen molar-refractivity contribution in [2.45, 2.75) is 6.42 Å². The van der Waals surface area contributed by atoms with Crippen molar-refractivity contribution in [3.8, 4) is 5.75 Å². The molecule has 0 spiro atoms. The molecule has 0 aliphatic rings. The number of halogens is 1. The quantitative estimate of drug-likeness (QED) is 0.471. The molecule has 4 nitrogen and oxygen atoms in total. The topological polar surface area (TPSA) is 59.6 Å². The van der Waals surface area contributed by atoms with Crippen molar-refractivity contribution < 1.29 is 4.74 Å². The van der Waals surface area contributed by atoms with Crippen molar-refractivity contribution in [2.24, 2.45) is 10.7 Å². The smallest absolute Gasteiger partial charge is 0.188 e. The molecule has 0 radical (unpaired) electrons. The molecule has 0 unspecified atom stereocenters. The number of nitrogens with two attached hydrogens (primary N) is 1. The molecule has 1 rings (SSSR count). The van der Waals surface area contributed by atoms with Gasteiger partial charge in [0, 0.05) is 18.1 Å². The lowest BCUT2D eigenvalue weighted by Crippen LogP contribution is -2.31. The second-order valence-corrected chi connectivity index (χ2v) is 4.05. The number of ether oxygens (including phenoxy) is 1. The normalized spacial score (nSPS) is 11.1. The summed E-state index contributed by atoms with van der Waals surface area (Å²) in [4.78, 5) is 4.19. The zero-order chi connectivity index (χ0) is 13.4. The third-order valence-electron chi connectivity index (χ3n) is 2.35. The lowest BCUT2D eigenvalue weighted by Gasteiger charge is -2.06. The van der Waals surface area contributed by atoms with E-state index in [9.17, 15) is 0 Å². The molecule has 0 amide bonds. The zero-order valence-corrected chi connectivity index (χ0v) is 11.2. The highest BCUT2D eigenvalue weighted by atomic mass is 35.5. The molecule has 0 heterocycles. The van der Waals surface area contributed by atoms with E-state index in [1.807, 2.05) is 12.1 Å². The van der Waals surface area contributed by atoms with Crippen LogP contribution in [0.5, 0.6) is 5.75 Å². The Labute approximate surface area is 112 Å². The third kappa shape index (κ3) is 4.67. The highest BCUT2D eigenvalue weighted by Gasteiger charge is 2.01. The van der Waals surface area contributed by atoms with Crippen molar-refractivity contribution in [2.75, 3.05) is 20.2 Å². The van der Waals surface area contributed by atoms with E-state index in [1.165, 1.54) is 0 Å². The third-order valence-corrected chi connectivity index (χ3v) is 2.70. The predicted molar refractivity (Wildman–Crippen MR) is 76.4 cm³/mol. The Kier molecular flexibility index (Phi) is 6.08. The van der Waals surface area contributed by atoms with E-state index in [-0.39, 0.29) is 0 Å².